The predicted octanol–water partition coefficient (Wildman–Crippen LogP) is 9.03. The molecule has 0 aliphatic rings. The monoisotopic (exact) mass is 433 g/mol. The van der Waals surface area contributed by atoms with Gasteiger partial charge in [0.2, 0.25) is 0 Å². The first-order valence-corrected chi connectivity index (χ1v) is 11.9. The van der Waals surface area contributed by atoms with Crippen LogP contribution in [-0.2, 0) is 6.42 Å². The van der Waals surface area contributed by atoms with E-state index in [0.717, 1.165) is 6.42 Å². The summed E-state index contributed by atoms with van der Waals surface area (Å²) in [7, 11) is 0. The van der Waals surface area contributed by atoms with Crippen molar-refractivity contribution < 1.29 is 0 Å². The van der Waals surface area contributed by atoms with Gasteiger partial charge in [-0.15, -0.1) is 0 Å². The number of hydrogen-bond donors (Lipinski definition) is 0. The minimum absolute atomic E-state index is 1.04. The Balaban J connectivity index is 1.65. The smallest absolute Gasteiger partial charge is 0.0273 e. The summed E-state index contributed by atoms with van der Waals surface area (Å²) < 4.78 is 0. The number of pyridine rings is 1. The molecule has 7 rings (SSSR count). The first-order valence-electron chi connectivity index (χ1n) is 11.9. The Morgan fingerprint density at radius 3 is 1.88 bits per heavy atom. The van der Waals surface area contributed by atoms with Crippen LogP contribution < -0.4 is 0 Å². The number of benzene rings is 6. The summed E-state index contributed by atoms with van der Waals surface area (Å²) in [6.45, 7) is 2.23. The lowest BCUT2D eigenvalue weighted by molar-refractivity contribution is 1.15. The van der Waals surface area contributed by atoms with E-state index < -0.39 is 0 Å². The van der Waals surface area contributed by atoms with Crippen LogP contribution in [0.25, 0.3) is 65.3 Å². The summed E-state index contributed by atoms with van der Waals surface area (Å²) in [5, 5.41) is 10.5. The van der Waals surface area contributed by atoms with Gasteiger partial charge in [-0.1, -0.05) is 79.7 Å². The van der Waals surface area contributed by atoms with Crippen molar-refractivity contribution in [2.45, 2.75) is 13.3 Å². The molecular formula is C33H23N. The summed E-state index contributed by atoms with van der Waals surface area (Å²) in [6, 6.07) is 36.0. The maximum atomic E-state index is 4.27. The number of hydrogen-bond acceptors (Lipinski definition) is 1. The average molecular weight is 434 g/mol. The normalized spacial score (nSPS) is 11.8. The van der Waals surface area contributed by atoms with Crippen LogP contribution in [0.1, 0.15) is 12.5 Å². The molecule has 1 heterocycles. The highest BCUT2D eigenvalue weighted by atomic mass is 14.6. The fraction of sp³-hybridized carbons (Fsp3) is 0.0606. The van der Waals surface area contributed by atoms with Gasteiger partial charge in [-0.25, -0.2) is 0 Å². The van der Waals surface area contributed by atoms with Crippen molar-refractivity contribution in [3.05, 3.63) is 115 Å². The Morgan fingerprint density at radius 2 is 1.18 bits per heavy atom. The SMILES string of the molecule is CCc1cc2ccc3c(-c4ccncc4)cc(-c4ccc5ccccc5c4)c4ccc(c1)c2c34. The second-order valence-corrected chi connectivity index (χ2v) is 9.14. The lowest BCUT2D eigenvalue weighted by atomic mass is 9.85. The van der Waals surface area contributed by atoms with Crippen LogP contribution in [0.15, 0.2) is 109 Å². The zero-order valence-electron chi connectivity index (χ0n) is 19.0. The molecule has 0 aliphatic carbocycles. The molecular weight excluding hydrogens is 410 g/mol. The first-order chi connectivity index (χ1) is 16.8. The molecule has 6 aromatic carbocycles. The highest BCUT2D eigenvalue weighted by molar-refractivity contribution is 6.28. The average Bonchev–Trinajstić information content (AvgIpc) is 2.91. The molecule has 1 heteroatoms. The Bertz CT molecular complexity index is 1810. The fourth-order valence-corrected chi connectivity index (χ4v) is 5.55. The van der Waals surface area contributed by atoms with E-state index in [2.05, 4.69) is 109 Å². The number of nitrogens with zero attached hydrogens (tertiary/aromatic N) is 1. The topological polar surface area (TPSA) is 12.9 Å². The minimum Gasteiger partial charge on any atom is -0.265 e. The number of aromatic nitrogens is 1. The van der Waals surface area contributed by atoms with E-state index in [1.54, 1.807) is 0 Å². The molecule has 0 aliphatic heterocycles. The van der Waals surface area contributed by atoms with Crippen LogP contribution in [0.3, 0.4) is 0 Å². The molecule has 0 amide bonds. The van der Waals surface area contributed by atoms with Gasteiger partial charge in [0.15, 0.2) is 0 Å². The number of aryl methyl sites for hydroxylation is 1. The van der Waals surface area contributed by atoms with E-state index in [1.165, 1.54) is 70.9 Å². The van der Waals surface area contributed by atoms with Crippen molar-refractivity contribution in [2.24, 2.45) is 0 Å². The van der Waals surface area contributed by atoms with E-state index in [0.29, 0.717) is 0 Å². The maximum absolute atomic E-state index is 4.27. The van der Waals surface area contributed by atoms with E-state index in [1.807, 2.05) is 12.4 Å². The summed E-state index contributed by atoms with van der Waals surface area (Å²) in [6.07, 6.45) is 4.81. The molecule has 7 aromatic rings. The highest BCUT2D eigenvalue weighted by Crippen LogP contribution is 2.44. The molecule has 0 atom stereocenters. The number of rotatable bonds is 3. The van der Waals surface area contributed by atoms with Crippen molar-refractivity contribution in [2.75, 3.05) is 0 Å². The molecule has 1 aromatic heterocycles. The molecule has 0 saturated carbocycles. The zero-order chi connectivity index (χ0) is 22.6. The summed E-state index contributed by atoms with van der Waals surface area (Å²) >= 11 is 0. The van der Waals surface area contributed by atoms with Crippen molar-refractivity contribution in [3.63, 3.8) is 0 Å². The fourth-order valence-electron chi connectivity index (χ4n) is 5.55. The largest absolute Gasteiger partial charge is 0.265 e. The van der Waals surface area contributed by atoms with Crippen LogP contribution in [-0.4, -0.2) is 4.98 Å². The van der Waals surface area contributed by atoms with Gasteiger partial charge in [0.1, 0.15) is 0 Å². The van der Waals surface area contributed by atoms with Crippen LogP contribution >= 0.6 is 0 Å². The molecule has 160 valence electrons. The van der Waals surface area contributed by atoms with E-state index >= 15 is 0 Å². The van der Waals surface area contributed by atoms with Gasteiger partial charge >= 0.3 is 0 Å². The van der Waals surface area contributed by atoms with E-state index in [-0.39, 0.29) is 0 Å². The molecule has 34 heavy (non-hydrogen) atoms. The van der Waals surface area contributed by atoms with Crippen molar-refractivity contribution in [1.29, 1.82) is 0 Å². The zero-order valence-corrected chi connectivity index (χ0v) is 19.0. The minimum atomic E-state index is 1.04. The van der Waals surface area contributed by atoms with Crippen LogP contribution in [0, 0.1) is 0 Å². The summed E-state index contributed by atoms with van der Waals surface area (Å²) in [5.41, 5.74) is 6.37. The Kier molecular flexibility index (Phi) is 4.19. The maximum Gasteiger partial charge on any atom is 0.0273 e. The van der Waals surface area contributed by atoms with Crippen LogP contribution in [0.2, 0.25) is 0 Å². The van der Waals surface area contributed by atoms with Gasteiger partial charge in [0.05, 0.1) is 0 Å². The molecule has 0 N–H and O–H groups in total. The lowest BCUT2D eigenvalue weighted by Gasteiger charge is -2.19. The molecule has 1 nitrogen and oxygen atoms in total. The van der Waals surface area contributed by atoms with E-state index in [9.17, 15) is 0 Å². The predicted molar refractivity (Wildman–Crippen MR) is 146 cm³/mol. The quantitative estimate of drug-likeness (QED) is 0.253. The third-order valence-electron chi connectivity index (χ3n) is 7.24. The van der Waals surface area contributed by atoms with Crippen molar-refractivity contribution >= 4 is 43.1 Å². The second-order valence-electron chi connectivity index (χ2n) is 9.14. The summed E-state index contributed by atoms with van der Waals surface area (Å²) in [4.78, 5) is 4.27. The van der Waals surface area contributed by atoms with Gasteiger partial charge in [-0.3, -0.25) is 4.98 Å². The van der Waals surface area contributed by atoms with Crippen LogP contribution in [0.5, 0.6) is 0 Å². The van der Waals surface area contributed by atoms with Crippen molar-refractivity contribution in [3.8, 4) is 22.3 Å². The first kappa shape index (κ1) is 19.3. The molecule has 0 fully saturated rings. The molecule has 0 unspecified atom stereocenters. The van der Waals surface area contributed by atoms with Crippen molar-refractivity contribution in [1.82, 2.24) is 4.98 Å². The third-order valence-corrected chi connectivity index (χ3v) is 7.24. The Morgan fingerprint density at radius 1 is 0.529 bits per heavy atom. The van der Waals surface area contributed by atoms with Crippen LogP contribution in [0.4, 0.5) is 0 Å². The van der Waals surface area contributed by atoms with E-state index in [4.69, 9.17) is 0 Å². The van der Waals surface area contributed by atoms with Gasteiger partial charge in [0, 0.05) is 12.4 Å². The standard InChI is InChI=1S/C33H23N/c1-2-21-17-26-9-11-28-30(23-13-15-34-16-14-23)20-31(29-12-10-27(18-21)32(26)33(28)29)25-8-7-22-5-3-4-6-24(22)19-25/h3-20H,2H2,1H3. The second kappa shape index (κ2) is 7.40. The molecule has 0 saturated heterocycles. The van der Waals surface area contributed by atoms with Gasteiger partial charge in [-0.05, 0) is 102 Å². The Labute approximate surface area is 198 Å². The highest BCUT2D eigenvalue weighted by Gasteiger charge is 2.17. The van der Waals surface area contributed by atoms with Gasteiger partial charge in [-0.2, -0.15) is 0 Å². The Hall–Kier alpha value is -4.23. The summed E-state index contributed by atoms with van der Waals surface area (Å²) in [5.74, 6) is 0. The molecule has 0 bridgehead atoms. The molecule has 0 spiro atoms. The molecule has 0 radical (unpaired) electrons. The third kappa shape index (κ3) is 2.84. The number of fused-ring (bicyclic) bond motifs is 1. The van der Waals surface area contributed by atoms with Gasteiger partial charge < -0.3 is 0 Å². The lowest BCUT2D eigenvalue weighted by Crippen LogP contribution is -1.92. The van der Waals surface area contributed by atoms with Gasteiger partial charge in [0.25, 0.3) is 0 Å².